The molecular weight excluding hydrogens is 326 g/mol. The highest BCUT2D eigenvalue weighted by Gasteiger charge is 2.33. The third kappa shape index (κ3) is 4.08. The molecule has 0 aromatic heterocycles. The predicted molar refractivity (Wildman–Crippen MR) is 96.4 cm³/mol. The van der Waals surface area contributed by atoms with E-state index in [0.717, 1.165) is 39.0 Å². The number of amides is 2. The standard InChI is InChI=1S/C18H25N3O2.ClH/c1-14-12-19-9-11-21(14)18(23)16-8-5-10-20(13-16)17(22)15-6-3-2-4-7-15;/h2-4,6-7,14,16,19H,5,8-13H2,1H3;1H/t14-,16?;/m0./s1. The summed E-state index contributed by atoms with van der Waals surface area (Å²) in [6.45, 7) is 5.85. The van der Waals surface area contributed by atoms with Gasteiger partial charge in [-0.1, -0.05) is 18.2 Å². The summed E-state index contributed by atoms with van der Waals surface area (Å²) >= 11 is 0. The van der Waals surface area contributed by atoms with Crippen LogP contribution in [0, 0.1) is 5.92 Å². The number of carbonyl (C=O) groups is 2. The normalized spacial score (nSPS) is 24.2. The Morgan fingerprint density at radius 2 is 1.92 bits per heavy atom. The van der Waals surface area contributed by atoms with E-state index in [2.05, 4.69) is 12.2 Å². The van der Waals surface area contributed by atoms with Gasteiger partial charge in [0.15, 0.2) is 0 Å². The number of carbonyl (C=O) groups excluding carboxylic acids is 2. The zero-order valence-corrected chi connectivity index (χ0v) is 14.9. The summed E-state index contributed by atoms with van der Waals surface area (Å²) in [4.78, 5) is 29.3. The van der Waals surface area contributed by atoms with Gasteiger partial charge >= 0.3 is 0 Å². The summed E-state index contributed by atoms with van der Waals surface area (Å²) in [5.41, 5.74) is 0.705. The van der Waals surface area contributed by atoms with Gasteiger partial charge in [0.1, 0.15) is 0 Å². The summed E-state index contributed by atoms with van der Waals surface area (Å²) < 4.78 is 0. The Morgan fingerprint density at radius 1 is 1.17 bits per heavy atom. The number of nitrogens with one attached hydrogen (secondary N) is 1. The average Bonchev–Trinajstić information content (AvgIpc) is 2.62. The minimum atomic E-state index is -0.0584. The summed E-state index contributed by atoms with van der Waals surface area (Å²) in [6, 6.07) is 9.57. The zero-order valence-electron chi connectivity index (χ0n) is 14.1. The fourth-order valence-electron chi connectivity index (χ4n) is 3.53. The van der Waals surface area contributed by atoms with E-state index >= 15 is 0 Å². The lowest BCUT2D eigenvalue weighted by molar-refractivity contribution is -0.139. The van der Waals surface area contributed by atoms with Crippen LogP contribution in [0.25, 0.3) is 0 Å². The van der Waals surface area contributed by atoms with Crippen molar-refractivity contribution in [1.29, 1.82) is 0 Å². The molecule has 1 unspecified atom stereocenters. The highest BCUT2D eigenvalue weighted by Crippen LogP contribution is 2.22. The monoisotopic (exact) mass is 351 g/mol. The number of hydrogen-bond acceptors (Lipinski definition) is 3. The van der Waals surface area contributed by atoms with Gasteiger partial charge in [-0.3, -0.25) is 9.59 Å². The molecule has 0 spiro atoms. The first-order valence-corrected chi connectivity index (χ1v) is 8.52. The molecule has 2 aliphatic heterocycles. The van der Waals surface area contributed by atoms with Crippen molar-refractivity contribution < 1.29 is 9.59 Å². The molecule has 5 nitrogen and oxygen atoms in total. The van der Waals surface area contributed by atoms with Crippen LogP contribution in [0.2, 0.25) is 0 Å². The van der Waals surface area contributed by atoms with E-state index in [1.165, 1.54) is 0 Å². The molecule has 132 valence electrons. The molecule has 6 heteroatoms. The lowest BCUT2D eigenvalue weighted by Gasteiger charge is -2.39. The van der Waals surface area contributed by atoms with E-state index in [0.29, 0.717) is 12.1 Å². The van der Waals surface area contributed by atoms with Crippen molar-refractivity contribution in [3.8, 4) is 0 Å². The van der Waals surface area contributed by atoms with Gasteiger partial charge in [0, 0.05) is 44.3 Å². The third-order valence-corrected chi connectivity index (χ3v) is 4.86. The van der Waals surface area contributed by atoms with Crippen LogP contribution in [-0.4, -0.2) is 60.4 Å². The lowest BCUT2D eigenvalue weighted by Crippen LogP contribution is -2.55. The van der Waals surface area contributed by atoms with E-state index in [4.69, 9.17) is 0 Å². The zero-order chi connectivity index (χ0) is 16.2. The molecule has 2 amide bonds. The van der Waals surface area contributed by atoms with Gasteiger partial charge in [0.2, 0.25) is 5.91 Å². The first-order chi connectivity index (χ1) is 11.2. The summed E-state index contributed by atoms with van der Waals surface area (Å²) in [5, 5.41) is 3.31. The molecule has 3 rings (SSSR count). The highest BCUT2D eigenvalue weighted by atomic mass is 35.5. The summed E-state index contributed by atoms with van der Waals surface area (Å²) in [6.07, 6.45) is 1.78. The fourth-order valence-corrected chi connectivity index (χ4v) is 3.53. The molecule has 1 aromatic carbocycles. The molecule has 2 fully saturated rings. The number of halogens is 1. The molecule has 1 aromatic rings. The summed E-state index contributed by atoms with van der Waals surface area (Å²) in [5.74, 6) is 0.193. The number of piperazine rings is 1. The average molecular weight is 352 g/mol. The maximum absolute atomic E-state index is 12.8. The highest BCUT2D eigenvalue weighted by molar-refractivity contribution is 5.94. The molecule has 2 saturated heterocycles. The first-order valence-electron chi connectivity index (χ1n) is 8.52. The smallest absolute Gasteiger partial charge is 0.253 e. The van der Waals surface area contributed by atoms with Crippen molar-refractivity contribution in [3.63, 3.8) is 0 Å². The quantitative estimate of drug-likeness (QED) is 0.883. The first kappa shape index (κ1) is 18.7. The van der Waals surface area contributed by atoms with Crippen LogP contribution in [0.15, 0.2) is 30.3 Å². The molecule has 0 aliphatic carbocycles. The van der Waals surface area contributed by atoms with Gasteiger partial charge in [0.25, 0.3) is 5.91 Å². The molecule has 24 heavy (non-hydrogen) atoms. The molecule has 1 N–H and O–H groups in total. The number of hydrogen-bond donors (Lipinski definition) is 1. The molecule has 2 aliphatic rings. The molecule has 0 radical (unpaired) electrons. The van der Waals surface area contributed by atoms with Crippen LogP contribution in [0.5, 0.6) is 0 Å². The van der Waals surface area contributed by atoms with E-state index in [1.807, 2.05) is 40.1 Å². The van der Waals surface area contributed by atoms with Crippen LogP contribution in [0.4, 0.5) is 0 Å². The SMILES string of the molecule is C[C@H]1CNCCN1C(=O)C1CCCN(C(=O)c2ccccc2)C1.Cl. The lowest BCUT2D eigenvalue weighted by atomic mass is 9.95. The third-order valence-electron chi connectivity index (χ3n) is 4.86. The Bertz CT molecular complexity index is 567. The van der Waals surface area contributed by atoms with Crippen LogP contribution in [0.3, 0.4) is 0 Å². The molecule has 2 atom stereocenters. The Morgan fingerprint density at radius 3 is 2.62 bits per heavy atom. The van der Waals surface area contributed by atoms with Crippen LogP contribution >= 0.6 is 12.4 Å². The van der Waals surface area contributed by atoms with E-state index in [1.54, 1.807) is 0 Å². The van der Waals surface area contributed by atoms with Gasteiger partial charge in [-0.15, -0.1) is 12.4 Å². The number of nitrogens with zero attached hydrogens (tertiary/aromatic N) is 2. The minimum absolute atomic E-state index is 0. The molecular formula is C18H26ClN3O2. The van der Waals surface area contributed by atoms with Crippen molar-refractivity contribution in [2.75, 3.05) is 32.7 Å². The van der Waals surface area contributed by atoms with Crippen LogP contribution < -0.4 is 5.32 Å². The second kappa shape index (κ2) is 8.49. The minimum Gasteiger partial charge on any atom is -0.338 e. The van der Waals surface area contributed by atoms with Crippen molar-refractivity contribution in [2.24, 2.45) is 5.92 Å². The predicted octanol–water partition coefficient (Wildman–Crippen LogP) is 1.78. The number of benzene rings is 1. The largest absolute Gasteiger partial charge is 0.338 e. The number of rotatable bonds is 2. The van der Waals surface area contributed by atoms with Gasteiger partial charge in [-0.05, 0) is 31.9 Å². The Hall–Kier alpha value is -1.59. The van der Waals surface area contributed by atoms with E-state index in [-0.39, 0.29) is 36.2 Å². The van der Waals surface area contributed by atoms with E-state index < -0.39 is 0 Å². The van der Waals surface area contributed by atoms with Crippen molar-refractivity contribution in [2.45, 2.75) is 25.8 Å². The molecule has 0 bridgehead atoms. The maximum atomic E-state index is 12.8. The number of piperidine rings is 1. The van der Waals surface area contributed by atoms with Gasteiger partial charge in [-0.25, -0.2) is 0 Å². The molecule has 2 heterocycles. The van der Waals surface area contributed by atoms with Crippen molar-refractivity contribution in [1.82, 2.24) is 15.1 Å². The van der Waals surface area contributed by atoms with Crippen LogP contribution in [0.1, 0.15) is 30.1 Å². The van der Waals surface area contributed by atoms with Crippen LogP contribution in [-0.2, 0) is 4.79 Å². The van der Waals surface area contributed by atoms with Gasteiger partial charge in [0.05, 0.1) is 5.92 Å². The van der Waals surface area contributed by atoms with Gasteiger partial charge in [-0.2, -0.15) is 0 Å². The fraction of sp³-hybridized carbons (Fsp3) is 0.556. The summed E-state index contributed by atoms with van der Waals surface area (Å²) in [7, 11) is 0. The Kier molecular flexibility index (Phi) is 6.63. The van der Waals surface area contributed by atoms with Crippen molar-refractivity contribution in [3.05, 3.63) is 35.9 Å². The van der Waals surface area contributed by atoms with E-state index in [9.17, 15) is 9.59 Å². The number of likely N-dealkylation sites (tertiary alicyclic amines) is 1. The topological polar surface area (TPSA) is 52.7 Å². The Labute approximate surface area is 149 Å². The maximum Gasteiger partial charge on any atom is 0.253 e. The Balaban J connectivity index is 0.00000208. The second-order valence-electron chi connectivity index (χ2n) is 6.54. The molecule has 0 saturated carbocycles. The van der Waals surface area contributed by atoms with Crippen molar-refractivity contribution >= 4 is 24.2 Å². The van der Waals surface area contributed by atoms with Gasteiger partial charge < -0.3 is 15.1 Å². The second-order valence-corrected chi connectivity index (χ2v) is 6.54.